The first kappa shape index (κ1) is 27.6. The van der Waals surface area contributed by atoms with E-state index in [1.54, 1.807) is 18.5 Å². The fourth-order valence-corrected chi connectivity index (χ4v) is 5.76. The van der Waals surface area contributed by atoms with Crippen LogP contribution in [0.1, 0.15) is 31.2 Å². The van der Waals surface area contributed by atoms with E-state index in [0.717, 1.165) is 56.6 Å². The van der Waals surface area contributed by atoms with E-state index in [9.17, 15) is 4.79 Å². The Morgan fingerprint density at radius 2 is 1.77 bits per heavy atom. The summed E-state index contributed by atoms with van der Waals surface area (Å²) in [5.41, 5.74) is 2.51. The van der Waals surface area contributed by atoms with Crippen LogP contribution in [0.2, 0.25) is 10.0 Å². The van der Waals surface area contributed by atoms with Gasteiger partial charge in [0.2, 0.25) is 11.8 Å². The highest BCUT2D eigenvalue weighted by Crippen LogP contribution is 2.31. The molecule has 0 bridgehead atoms. The molecule has 2 aliphatic heterocycles. The summed E-state index contributed by atoms with van der Waals surface area (Å²) >= 11 is 12.6. The lowest BCUT2D eigenvalue weighted by atomic mass is 9.93. The molecule has 206 valence electrons. The standard InChI is InChI=1S/C28H32Cl2N6O3/c1-31-23-4-7-36(17-23)28-32-14-24(15-33-28)39-26-9-19(16-35-5-2-18(3-6-35)10-27(37)38)8-25(34-26)20-11-21(29)13-22(30)12-20/h8-9,11-15,18,23,31H,2-7,10,16-17H2,1H3,(H,37,38). The quantitative estimate of drug-likeness (QED) is 0.362. The van der Waals surface area contributed by atoms with Gasteiger partial charge in [0.25, 0.3) is 0 Å². The Morgan fingerprint density at radius 3 is 2.41 bits per heavy atom. The zero-order chi connectivity index (χ0) is 27.4. The number of anilines is 1. The van der Waals surface area contributed by atoms with E-state index in [4.69, 9.17) is 38.0 Å². The molecule has 2 aliphatic rings. The van der Waals surface area contributed by atoms with Crippen molar-refractivity contribution in [1.29, 1.82) is 0 Å². The number of piperidine rings is 1. The van der Waals surface area contributed by atoms with Crippen molar-refractivity contribution < 1.29 is 14.6 Å². The number of likely N-dealkylation sites (tertiary alicyclic amines) is 1. The van der Waals surface area contributed by atoms with Crippen LogP contribution in [0, 0.1) is 5.92 Å². The summed E-state index contributed by atoms with van der Waals surface area (Å²) in [6, 6.07) is 9.72. The van der Waals surface area contributed by atoms with Crippen molar-refractivity contribution in [2.75, 3.05) is 38.1 Å². The number of ether oxygens (including phenoxy) is 1. The number of carboxylic acid groups (broad SMARTS) is 1. The minimum absolute atomic E-state index is 0.229. The van der Waals surface area contributed by atoms with Crippen molar-refractivity contribution >= 4 is 35.1 Å². The smallest absolute Gasteiger partial charge is 0.303 e. The number of aliphatic carboxylic acids is 1. The lowest BCUT2D eigenvalue weighted by Crippen LogP contribution is -2.33. The molecule has 0 spiro atoms. The molecule has 0 amide bonds. The van der Waals surface area contributed by atoms with Gasteiger partial charge >= 0.3 is 5.97 Å². The molecular formula is C28H32Cl2N6O3. The average molecular weight is 572 g/mol. The minimum Gasteiger partial charge on any atom is -0.481 e. The van der Waals surface area contributed by atoms with Crippen LogP contribution in [0.5, 0.6) is 11.6 Å². The maximum absolute atomic E-state index is 11.1. The predicted molar refractivity (Wildman–Crippen MR) is 152 cm³/mol. The fourth-order valence-electron chi connectivity index (χ4n) is 5.23. The molecule has 2 aromatic heterocycles. The van der Waals surface area contributed by atoms with Crippen molar-refractivity contribution in [2.24, 2.45) is 5.92 Å². The van der Waals surface area contributed by atoms with Crippen LogP contribution >= 0.6 is 23.2 Å². The van der Waals surface area contributed by atoms with Crippen LogP contribution in [-0.2, 0) is 11.3 Å². The SMILES string of the molecule is CNC1CCN(c2ncc(Oc3cc(CN4CCC(CC(=O)O)CC4)cc(-c4cc(Cl)cc(Cl)c4)n3)cn2)C1. The minimum atomic E-state index is -0.728. The second kappa shape index (κ2) is 12.5. The Kier molecular flexibility index (Phi) is 8.82. The Labute approximate surface area is 238 Å². The van der Waals surface area contributed by atoms with Gasteiger partial charge in [-0.15, -0.1) is 0 Å². The monoisotopic (exact) mass is 570 g/mol. The van der Waals surface area contributed by atoms with Crippen LogP contribution in [-0.4, -0.2) is 70.2 Å². The molecule has 2 saturated heterocycles. The highest BCUT2D eigenvalue weighted by Gasteiger charge is 2.24. The fraction of sp³-hybridized carbons (Fsp3) is 0.429. The number of carboxylic acids is 1. The summed E-state index contributed by atoms with van der Waals surface area (Å²) < 4.78 is 6.13. The maximum Gasteiger partial charge on any atom is 0.303 e. The van der Waals surface area contributed by atoms with Gasteiger partial charge in [-0.25, -0.2) is 15.0 Å². The summed E-state index contributed by atoms with van der Waals surface area (Å²) in [6.07, 6.45) is 6.37. The van der Waals surface area contributed by atoms with E-state index >= 15 is 0 Å². The molecule has 0 radical (unpaired) electrons. The van der Waals surface area contributed by atoms with E-state index in [-0.39, 0.29) is 12.3 Å². The van der Waals surface area contributed by atoms with Crippen molar-refractivity contribution in [3.05, 3.63) is 58.3 Å². The van der Waals surface area contributed by atoms with E-state index in [0.29, 0.717) is 45.9 Å². The van der Waals surface area contributed by atoms with Crippen LogP contribution < -0.4 is 15.0 Å². The van der Waals surface area contributed by atoms with Crippen LogP contribution in [0.25, 0.3) is 11.3 Å². The van der Waals surface area contributed by atoms with Crippen molar-refractivity contribution in [2.45, 2.75) is 38.3 Å². The molecule has 1 atom stereocenters. The second-order valence-corrected chi connectivity index (χ2v) is 11.1. The normalized spacial score (nSPS) is 18.4. The maximum atomic E-state index is 11.1. The number of hydrogen-bond donors (Lipinski definition) is 2. The van der Waals surface area contributed by atoms with Gasteiger partial charge in [0.05, 0.1) is 18.1 Å². The number of nitrogens with one attached hydrogen (secondary N) is 1. The van der Waals surface area contributed by atoms with Gasteiger partial charge in [-0.1, -0.05) is 23.2 Å². The van der Waals surface area contributed by atoms with E-state index in [1.165, 1.54) is 0 Å². The molecule has 5 rings (SSSR count). The third kappa shape index (κ3) is 7.36. The van der Waals surface area contributed by atoms with Crippen LogP contribution in [0.4, 0.5) is 5.95 Å². The van der Waals surface area contributed by atoms with Crippen molar-refractivity contribution in [3.8, 4) is 22.9 Å². The number of benzene rings is 1. The van der Waals surface area contributed by atoms with Gasteiger partial charge in [0.15, 0.2) is 5.75 Å². The molecule has 0 saturated carbocycles. The van der Waals surface area contributed by atoms with Gasteiger partial charge < -0.3 is 20.1 Å². The van der Waals surface area contributed by atoms with Crippen molar-refractivity contribution in [1.82, 2.24) is 25.2 Å². The molecular weight excluding hydrogens is 539 g/mol. The first-order chi connectivity index (χ1) is 18.8. The molecule has 2 fully saturated rings. The van der Waals surface area contributed by atoms with Crippen LogP contribution in [0.3, 0.4) is 0 Å². The van der Waals surface area contributed by atoms with E-state index in [1.807, 2.05) is 31.3 Å². The highest BCUT2D eigenvalue weighted by atomic mass is 35.5. The van der Waals surface area contributed by atoms with Crippen LogP contribution in [0.15, 0.2) is 42.7 Å². The number of aromatic nitrogens is 3. The zero-order valence-electron chi connectivity index (χ0n) is 21.8. The molecule has 1 aromatic carbocycles. The molecule has 0 aliphatic carbocycles. The first-order valence-corrected chi connectivity index (χ1v) is 13.9. The Morgan fingerprint density at radius 1 is 1.05 bits per heavy atom. The van der Waals surface area contributed by atoms with Gasteiger partial charge in [-0.05, 0) is 75.1 Å². The van der Waals surface area contributed by atoms with E-state index in [2.05, 4.69) is 25.1 Å². The Bertz CT molecular complexity index is 1280. The summed E-state index contributed by atoms with van der Waals surface area (Å²) in [5, 5.41) is 13.5. The summed E-state index contributed by atoms with van der Waals surface area (Å²) in [5.74, 6) is 1.10. The number of rotatable bonds is 9. The van der Waals surface area contributed by atoms with Crippen molar-refractivity contribution in [3.63, 3.8) is 0 Å². The highest BCUT2D eigenvalue weighted by molar-refractivity contribution is 6.35. The molecule has 3 aromatic rings. The lowest BCUT2D eigenvalue weighted by Gasteiger charge is -2.31. The molecule has 1 unspecified atom stereocenters. The van der Waals surface area contributed by atoms with E-state index < -0.39 is 5.97 Å². The lowest BCUT2D eigenvalue weighted by molar-refractivity contribution is -0.138. The van der Waals surface area contributed by atoms with Gasteiger partial charge in [-0.2, -0.15) is 0 Å². The third-order valence-electron chi connectivity index (χ3n) is 7.31. The molecule has 9 nitrogen and oxygen atoms in total. The van der Waals surface area contributed by atoms with Gasteiger partial charge in [-0.3, -0.25) is 9.69 Å². The Balaban J connectivity index is 1.35. The summed E-state index contributed by atoms with van der Waals surface area (Å²) in [6.45, 7) is 4.16. The average Bonchev–Trinajstić information content (AvgIpc) is 3.39. The number of halogens is 2. The largest absolute Gasteiger partial charge is 0.481 e. The number of pyridine rings is 1. The topological polar surface area (TPSA) is 104 Å². The number of carbonyl (C=O) groups is 1. The van der Waals surface area contributed by atoms with Gasteiger partial charge in [0, 0.05) is 53.8 Å². The molecule has 11 heteroatoms. The van der Waals surface area contributed by atoms with Gasteiger partial charge in [0.1, 0.15) is 0 Å². The number of hydrogen-bond acceptors (Lipinski definition) is 8. The second-order valence-electron chi connectivity index (χ2n) is 10.2. The Hall–Kier alpha value is -2.98. The summed E-state index contributed by atoms with van der Waals surface area (Å²) in [4.78, 5) is 29.4. The number of nitrogens with zero attached hydrogens (tertiary/aromatic N) is 5. The molecule has 4 heterocycles. The summed E-state index contributed by atoms with van der Waals surface area (Å²) in [7, 11) is 1.97. The number of likely N-dealkylation sites (N-methyl/N-ethyl adjacent to an activating group) is 1. The molecule has 39 heavy (non-hydrogen) atoms. The first-order valence-electron chi connectivity index (χ1n) is 13.2. The zero-order valence-corrected chi connectivity index (χ0v) is 23.3. The predicted octanol–water partition coefficient (Wildman–Crippen LogP) is 5.12. The molecule has 2 N–H and O–H groups in total. The third-order valence-corrected chi connectivity index (χ3v) is 7.75.